The molecule has 0 bridgehead atoms. The molecule has 2 saturated heterocycles. The molecule has 3 heterocycles. The molecule has 0 aromatic carbocycles. The SMILES string of the molecule is Cc1nn(C)cc1C(C)N1CC(N2CCNCC2)C1. The predicted octanol–water partition coefficient (Wildman–Crippen LogP) is 0.379. The van der Waals surface area contributed by atoms with Crippen LogP contribution in [0.2, 0.25) is 0 Å². The van der Waals surface area contributed by atoms with E-state index in [1.807, 2.05) is 11.7 Å². The number of hydrogen-bond acceptors (Lipinski definition) is 4. The van der Waals surface area contributed by atoms with E-state index in [2.05, 4.69) is 40.3 Å². The lowest BCUT2D eigenvalue weighted by Gasteiger charge is -2.49. The maximum Gasteiger partial charge on any atom is 0.0641 e. The molecule has 1 atom stereocenters. The van der Waals surface area contributed by atoms with Crippen molar-refractivity contribution in [3.05, 3.63) is 17.5 Å². The van der Waals surface area contributed by atoms with Crippen LogP contribution in [0.1, 0.15) is 24.2 Å². The molecule has 1 aromatic heterocycles. The van der Waals surface area contributed by atoms with Gasteiger partial charge in [0.05, 0.1) is 5.69 Å². The topological polar surface area (TPSA) is 36.3 Å². The highest BCUT2D eigenvalue weighted by Crippen LogP contribution is 2.28. The van der Waals surface area contributed by atoms with Gasteiger partial charge in [-0.15, -0.1) is 0 Å². The zero-order valence-electron chi connectivity index (χ0n) is 12.3. The minimum Gasteiger partial charge on any atom is -0.314 e. The largest absolute Gasteiger partial charge is 0.314 e. The van der Waals surface area contributed by atoms with Crippen LogP contribution in [-0.2, 0) is 7.05 Å². The fourth-order valence-electron chi connectivity index (χ4n) is 3.31. The molecule has 106 valence electrons. The third-order valence-corrected chi connectivity index (χ3v) is 4.61. The van der Waals surface area contributed by atoms with E-state index < -0.39 is 0 Å². The third-order valence-electron chi connectivity index (χ3n) is 4.61. The van der Waals surface area contributed by atoms with Gasteiger partial charge >= 0.3 is 0 Å². The van der Waals surface area contributed by atoms with Gasteiger partial charge in [-0.25, -0.2) is 0 Å². The summed E-state index contributed by atoms with van der Waals surface area (Å²) in [5, 5.41) is 7.87. The van der Waals surface area contributed by atoms with Gasteiger partial charge in [0.2, 0.25) is 0 Å². The molecule has 0 amide bonds. The summed E-state index contributed by atoms with van der Waals surface area (Å²) in [5.74, 6) is 0. The number of rotatable bonds is 3. The zero-order valence-corrected chi connectivity index (χ0v) is 12.3. The van der Waals surface area contributed by atoms with Crippen molar-refractivity contribution in [1.29, 1.82) is 0 Å². The van der Waals surface area contributed by atoms with Crippen molar-refractivity contribution in [2.45, 2.75) is 25.9 Å². The summed E-state index contributed by atoms with van der Waals surface area (Å²) in [7, 11) is 2.00. The van der Waals surface area contributed by atoms with E-state index in [0.717, 1.165) is 19.1 Å². The molecule has 0 radical (unpaired) electrons. The Kier molecular flexibility index (Phi) is 3.60. The van der Waals surface area contributed by atoms with Crippen molar-refractivity contribution < 1.29 is 0 Å². The average molecular weight is 263 g/mol. The Labute approximate surface area is 115 Å². The van der Waals surface area contributed by atoms with Gasteiger partial charge in [0, 0.05) is 70.2 Å². The number of piperazine rings is 1. The first-order valence-corrected chi connectivity index (χ1v) is 7.34. The fourth-order valence-corrected chi connectivity index (χ4v) is 3.31. The Morgan fingerprint density at radius 3 is 2.58 bits per heavy atom. The van der Waals surface area contributed by atoms with Crippen LogP contribution in [0, 0.1) is 6.92 Å². The van der Waals surface area contributed by atoms with Gasteiger partial charge in [-0.1, -0.05) is 0 Å². The number of aryl methyl sites for hydroxylation is 2. The molecule has 2 aliphatic heterocycles. The van der Waals surface area contributed by atoms with Crippen molar-refractivity contribution in [2.75, 3.05) is 39.3 Å². The van der Waals surface area contributed by atoms with Crippen LogP contribution in [0.15, 0.2) is 6.20 Å². The summed E-state index contributed by atoms with van der Waals surface area (Å²) in [4.78, 5) is 5.20. The lowest BCUT2D eigenvalue weighted by molar-refractivity contribution is 0.00332. The maximum atomic E-state index is 4.45. The van der Waals surface area contributed by atoms with Gasteiger partial charge in [-0.3, -0.25) is 14.5 Å². The number of hydrogen-bond donors (Lipinski definition) is 1. The van der Waals surface area contributed by atoms with Gasteiger partial charge in [0.15, 0.2) is 0 Å². The third kappa shape index (κ3) is 2.55. The molecule has 0 aliphatic carbocycles. The first kappa shape index (κ1) is 13.1. The summed E-state index contributed by atoms with van der Waals surface area (Å²) in [6.07, 6.45) is 2.16. The second-order valence-corrected chi connectivity index (χ2v) is 5.91. The molecule has 1 N–H and O–H groups in total. The molecule has 1 aromatic rings. The van der Waals surface area contributed by atoms with Gasteiger partial charge in [0.25, 0.3) is 0 Å². The molecule has 5 heteroatoms. The molecule has 0 spiro atoms. The van der Waals surface area contributed by atoms with Crippen molar-refractivity contribution in [1.82, 2.24) is 24.9 Å². The molecular weight excluding hydrogens is 238 g/mol. The lowest BCUT2D eigenvalue weighted by atomic mass is 9.99. The predicted molar refractivity (Wildman–Crippen MR) is 76.2 cm³/mol. The molecule has 19 heavy (non-hydrogen) atoms. The lowest BCUT2D eigenvalue weighted by Crippen LogP contribution is -2.62. The first-order valence-electron chi connectivity index (χ1n) is 7.34. The van der Waals surface area contributed by atoms with Gasteiger partial charge in [-0.05, 0) is 13.8 Å². The number of nitrogens with zero attached hydrogens (tertiary/aromatic N) is 4. The number of likely N-dealkylation sites (tertiary alicyclic amines) is 1. The molecule has 2 aliphatic rings. The minimum atomic E-state index is 0.493. The summed E-state index contributed by atoms with van der Waals surface area (Å²) in [5.41, 5.74) is 2.54. The Morgan fingerprint density at radius 2 is 2.00 bits per heavy atom. The second kappa shape index (κ2) is 5.23. The van der Waals surface area contributed by atoms with Crippen LogP contribution in [0.4, 0.5) is 0 Å². The Morgan fingerprint density at radius 1 is 1.32 bits per heavy atom. The van der Waals surface area contributed by atoms with Crippen LogP contribution in [-0.4, -0.2) is 64.9 Å². The van der Waals surface area contributed by atoms with Gasteiger partial charge in [0.1, 0.15) is 0 Å². The summed E-state index contributed by atoms with van der Waals surface area (Å²) >= 11 is 0. The Hall–Kier alpha value is -0.910. The smallest absolute Gasteiger partial charge is 0.0641 e. The van der Waals surface area contributed by atoms with Crippen LogP contribution < -0.4 is 5.32 Å². The molecule has 0 saturated carbocycles. The molecule has 1 unspecified atom stereocenters. The van der Waals surface area contributed by atoms with Crippen LogP contribution >= 0.6 is 0 Å². The van der Waals surface area contributed by atoms with E-state index >= 15 is 0 Å². The molecule has 2 fully saturated rings. The Bertz CT molecular complexity index is 429. The van der Waals surface area contributed by atoms with Crippen LogP contribution in [0.3, 0.4) is 0 Å². The number of aromatic nitrogens is 2. The van der Waals surface area contributed by atoms with Crippen molar-refractivity contribution >= 4 is 0 Å². The number of nitrogens with one attached hydrogen (secondary N) is 1. The minimum absolute atomic E-state index is 0.493. The van der Waals surface area contributed by atoms with Crippen molar-refractivity contribution in [3.63, 3.8) is 0 Å². The zero-order chi connectivity index (χ0) is 13.4. The van der Waals surface area contributed by atoms with Crippen LogP contribution in [0.5, 0.6) is 0 Å². The van der Waals surface area contributed by atoms with Crippen molar-refractivity contribution in [3.8, 4) is 0 Å². The highest BCUT2D eigenvalue weighted by molar-refractivity contribution is 5.20. The van der Waals surface area contributed by atoms with E-state index in [1.54, 1.807) is 0 Å². The average Bonchev–Trinajstić information content (AvgIpc) is 2.68. The molecule has 3 rings (SSSR count). The van der Waals surface area contributed by atoms with Crippen molar-refractivity contribution in [2.24, 2.45) is 7.05 Å². The molecule has 5 nitrogen and oxygen atoms in total. The van der Waals surface area contributed by atoms with Gasteiger partial charge < -0.3 is 5.32 Å². The monoisotopic (exact) mass is 263 g/mol. The van der Waals surface area contributed by atoms with Gasteiger partial charge in [-0.2, -0.15) is 5.10 Å². The first-order chi connectivity index (χ1) is 9.15. The normalized spacial score (nSPS) is 24.4. The van der Waals surface area contributed by atoms with E-state index in [-0.39, 0.29) is 0 Å². The second-order valence-electron chi connectivity index (χ2n) is 5.91. The Balaban J connectivity index is 1.56. The highest BCUT2D eigenvalue weighted by atomic mass is 15.3. The quantitative estimate of drug-likeness (QED) is 0.855. The summed E-state index contributed by atoms with van der Waals surface area (Å²) in [6.45, 7) is 11.5. The molecular formula is C14H25N5. The van der Waals surface area contributed by atoms with E-state index in [4.69, 9.17) is 0 Å². The summed E-state index contributed by atoms with van der Waals surface area (Å²) in [6, 6.07) is 1.26. The van der Waals surface area contributed by atoms with E-state index in [1.165, 1.54) is 37.4 Å². The maximum absolute atomic E-state index is 4.45. The highest BCUT2D eigenvalue weighted by Gasteiger charge is 2.35. The standard InChI is InChI=1S/C14H25N5/c1-11-14(10-17(3)16-11)12(2)19-8-13(9-19)18-6-4-15-5-7-18/h10,12-13,15H,4-9H2,1-3H3. The van der Waals surface area contributed by atoms with Crippen LogP contribution in [0.25, 0.3) is 0 Å². The van der Waals surface area contributed by atoms with E-state index in [0.29, 0.717) is 6.04 Å². The summed E-state index contributed by atoms with van der Waals surface area (Å²) < 4.78 is 1.93. The fraction of sp³-hybridized carbons (Fsp3) is 0.786. The van der Waals surface area contributed by atoms with E-state index in [9.17, 15) is 0 Å².